The van der Waals surface area contributed by atoms with Crippen LogP contribution in [0, 0.1) is 5.92 Å². The summed E-state index contributed by atoms with van der Waals surface area (Å²) in [5, 5.41) is 2.95. The first-order valence-corrected chi connectivity index (χ1v) is 23.7. The number of halogens is 2. The van der Waals surface area contributed by atoms with Gasteiger partial charge < -0.3 is 24.8 Å². The molecule has 0 aliphatic heterocycles. The van der Waals surface area contributed by atoms with Crippen LogP contribution in [0.25, 0.3) is 6.08 Å². The van der Waals surface area contributed by atoms with Crippen LogP contribution in [-0.2, 0) is 25.7 Å². The fourth-order valence-corrected chi connectivity index (χ4v) is 34.5. The molecule has 1 amide bonds. The Balaban J connectivity index is 0.00000162. The molecule has 5 rings (SSSR count). The second-order valence-corrected chi connectivity index (χ2v) is 28.9. The number of carbonyl (C=O) groups is 1. The zero-order valence-corrected chi connectivity index (χ0v) is 25.4. The largest absolute Gasteiger partial charge is 1.00 e. The van der Waals surface area contributed by atoms with Gasteiger partial charge in [-0.2, -0.15) is 0 Å². The average molecular weight is 674 g/mol. The summed E-state index contributed by atoms with van der Waals surface area (Å²) < 4.78 is 4.27. The van der Waals surface area contributed by atoms with Crippen molar-refractivity contribution in [2.45, 2.75) is 35.8 Å². The molecule has 1 atom stereocenters. The van der Waals surface area contributed by atoms with Crippen molar-refractivity contribution >= 4 is 28.3 Å². The zero-order valence-electron chi connectivity index (χ0n) is 19.2. The van der Waals surface area contributed by atoms with Crippen LogP contribution < -0.4 is 38.5 Å². The third-order valence-corrected chi connectivity index (χ3v) is 33.8. The van der Waals surface area contributed by atoms with E-state index in [1.165, 1.54) is 40.8 Å². The average Bonchev–Trinajstić information content (AvgIpc) is 3.29. The van der Waals surface area contributed by atoms with Crippen molar-refractivity contribution in [1.29, 1.82) is 0 Å². The molecule has 1 N–H and O–H groups in total. The molecule has 2 aliphatic rings. The van der Waals surface area contributed by atoms with E-state index in [1.54, 1.807) is 0 Å². The minimum absolute atomic E-state index is 0. The van der Waals surface area contributed by atoms with Gasteiger partial charge in [0, 0.05) is 0 Å². The van der Waals surface area contributed by atoms with Crippen LogP contribution in [0.1, 0.15) is 46.9 Å². The van der Waals surface area contributed by atoms with Gasteiger partial charge in [-0.15, -0.1) is 0 Å². The fourth-order valence-electron chi connectivity index (χ4n) is 5.30. The number of benzene rings is 3. The molecule has 1 fully saturated rings. The van der Waals surface area contributed by atoms with Crippen molar-refractivity contribution in [2.24, 2.45) is 5.92 Å². The summed E-state index contributed by atoms with van der Waals surface area (Å²) >= 11 is -2.76. The fraction of sp³-hybridized carbons (Fsp3) is 0.250. The van der Waals surface area contributed by atoms with Gasteiger partial charge in [0.1, 0.15) is 0 Å². The molecular weight excluding hydrogens is 644 g/mol. The van der Waals surface area contributed by atoms with E-state index in [0.29, 0.717) is 9.58 Å². The van der Waals surface area contributed by atoms with Crippen LogP contribution in [-0.4, -0.2) is 11.9 Å². The molecule has 0 saturated heterocycles. The Kier molecular flexibility index (Phi) is 10.4. The van der Waals surface area contributed by atoms with Gasteiger partial charge in [-0.25, -0.2) is 0 Å². The number of rotatable bonds is 6. The summed E-state index contributed by atoms with van der Waals surface area (Å²) in [4.78, 5) is 13.6. The van der Waals surface area contributed by atoms with Gasteiger partial charge in [0.25, 0.3) is 0 Å². The molecule has 2 nitrogen and oxygen atoms in total. The first-order valence-electron chi connectivity index (χ1n) is 11.9. The van der Waals surface area contributed by atoms with E-state index < -0.39 is 26.9 Å². The Bertz CT molecular complexity index is 1050. The second-order valence-electron chi connectivity index (χ2n) is 9.00. The second kappa shape index (κ2) is 13.0. The standard InChI is InChI=1S/C12H11Si.C9H7.C7H13NO.2ClH.Hf/c1-3-7-11(8-4-1)13-12-9-5-2-6-10-12;1-2-5-9-7-3-6-8(9)4-1;8-7(9)6-4-2-1-3-5-6;;;/h1-10,13H;1-7H;6H,1-5H2,(H2,8,9);2*1H;/q;;;;;+3/p-3. The van der Waals surface area contributed by atoms with Crippen molar-refractivity contribution < 1.29 is 50.5 Å². The van der Waals surface area contributed by atoms with Crippen LogP contribution in [0.15, 0.2) is 91.0 Å². The Morgan fingerprint density at radius 1 is 0.765 bits per heavy atom. The summed E-state index contributed by atoms with van der Waals surface area (Å²) in [6.45, 7) is 0. The maximum Gasteiger partial charge on any atom is -1.00 e. The zero-order chi connectivity index (χ0) is 21.8. The molecule has 2 aliphatic carbocycles. The van der Waals surface area contributed by atoms with Gasteiger partial charge in [-0.1, -0.05) is 0 Å². The summed E-state index contributed by atoms with van der Waals surface area (Å²) in [6.07, 6.45) is 10.5. The van der Waals surface area contributed by atoms with E-state index in [0.717, 1.165) is 12.8 Å². The molecule has 0 spiro atoms. The van der Waals surface area contributed by atoms with E-state index in [-0.39, 0.29) is 30.7 Å². The van der Waals surface area contributed by atoms with Crippen molar-refractivity contribution in [3.05, 3.63) is 102 Å². The maximum atomic E-state index is 13.6. The van der Waals surface area contributed by atoms with Gasteiger partial charge in [-0.05, 0) is 0 Å². The Morgan fingerprint density at radius 2 is 1.32 bits per heavy atom. The SMILES string of the molecule is O=C([NH][Hf+2]([CH]1C=Cc2ccccc21)[SiH](c1ccccc1)c1ccccc1)C1CCCCC1.[Cl-].[Cl-]. The number of carbonyl (C=O) groups excluding carboxylic acids is 1. The predicted molar refractivity (Wildman–Crippen MR) is 132 cm³/mol. The minimum atomic E-state index is -2.76. The van der Waals surface area contributed by atoms with E-state index >= 15 is 0 Å². The normalized spacial score (nSPS) is 16.8. The number of hydrogen-bond acceptors (Lipinski definition) is 1. The topological polar surface area (TPSA) is 29.1 Å². The number of allylic oxidation sites excluding steroid dienone is 1. The van der Waals surface area contributed by atoms with Crippen LogP contribution in [0.2, 0.25) is 0 Å². The number of fused-ring (bicyclic) bond motifs is 1. The number of hydrogen-bond donors (Lipinski definition) is 1. The third-order valence-electron chi connectivity index (χ3n) is 6.95. The molecule has 175 valence electrons. The van der Waals surface area contributed by atoms with Crippen LogP contribution in [0.5, 0.6) is 0 Å². The van der Waals surface area contributed by atoms with Crippen LogP contribution >= 0.6 is 0 Å². The summed E-state index contributed by atoms with van der Waals surface area (Å²) in [6, 6.07) is 30.9. The quantitative estimate of drug-likeness (QED) is 0.319. The van der Waals surface area contributed by atoms with Crippen molar-refractivity contribution in [2.75, 3.05) is 0 Å². The molecule has 1 unspecified atom stereocenters. The first kappa shape index (κ1) is 27.1. The van der Waals surface area contributed by atoms with E-state index in [9.17, 15) is 4.79 Å². The smallest absolute Gasteiger partial charge is 1.00 e. The molecule has 0 heterocycles. The van der Waals surface area contributed by atoms with E-state index in [4.69, 9.17) is 0 Å². The van der Waals surface area contributed by atoms with E-state index in [2.05, 4.69) is 100 Å². The predicted octanol–water partition coefficient (Wildman–Crippen LogP) is -1.47. The molecule has 0 bridgehead atoms. The first-order chi connectivity index (χ1) is 15.8. The van der Waals surface area contributed by atoms with Crippen molar-refractivity contribution in [3.8, 4) is 0 Å². The maximum absolute atomic E-state index is 13.6. The van der Waals surface area contributed by atoms with Gasteiger partial charge in [-0.3, -0.25) is 0 Å². The number of nitrogens with one attached hydrogen (secondary N) is 1. The summed E-state index contributed by atoms with van der Waals surface area (Å²) in [7, 11) is 0. The van der Waals surface area contributed by atoms with E-state index in [1.807, 2.05) is 0 Å². The Hall–Kier alpha value is -1.46. The summed E-state index contributed by atoms with van der Waals surface area (Å²) in [5.74, 6) is -0.989. The van der Waals surface area contributed by atoms with Crippen molar-refractivity contribution in [1.82, 2.24) is 3.30 Å². The third kappa shape index (κ3) is 6.02. The van der Waals surface area contributed by atoms with Gasteiger partial charge >= 0.3 is 201 Å². The molecule has 0 aromatic heterocycles. The molecule has 3 aromatic rings. The number of amides is 1. The Morgan fingerprint density at radius 3 is 1.94 bits per heavy atom. The minimum Gasteiger partial charge on any atom is -1.00 e. The molecule has 34 heavy (non-hydrogen) atoms. The Labute approximate surface area is 224 Å². The van der Waals surface area contributed by atoms with Gasteiger partial charge in [0.15, 0.2) is 0 Å². The molecule has 0 radical (unpaired) electrons. The van der Waals surface area contributed by atoms with Gasteiger partial charge in [0.2, 0.25) is 0 Å². The van der Waals surface area contributed by atoms with Crippen molar-refractivity contribution in [3.63, 3.8) is 0 Å². The molecule has 3 aromatic carbocycles. The molecule has 6 heteroatoms. The summed E-state index contributed by atoms with van der Waals surface area (Å²) in [5.41, 5.74) is 2.77. The molecular formula is C28H30Cl2HfNOSi. The van der Waals surface area contributed by atoms with Gasteiger partial charge in [0.05, 0.1) is 0 Å². The van der Waals surface area contributed by atoms with Crippen LogP contribution in [0.4, 0.5) is 0 Å². The monoisotopic (exact) mass is 674 g/mol. The van der Waals surface area contributed by atoms with Crippen LogP contribution in [0.3, 0.4) is 0 Å². The molecule has 1 saturated carbocycles.